The van der Waals surface area contributed by atoms with E-state index in [1.165, 1.54) is 36.7 Å². The highest BCUT2D eigenvalue weighted by Crippen LogP contribution is 2.25. The number of halogens is 1. The highest BCUT2D eigenvalue weighted by Gasteiger charge is 2.11. The topological polar surface area (TPSA) is 108 Å². The lowest BCUT2D eigenvalue weighted by Gasteiger charge is -2.06. The SMILES string of the molecule is N=CC(=CN)c1c[nH]c2ncc(NC(=O)c3ccc(F)cc3)cc12. The normalized spacial score (nSPS) is 11.5. The Morgan fingerprint density at radius 2 is 2.08 bits per heavy atom. The van der Waals surface area contributed by atoms with Crippen LogP contribution in [0.2, 0.25) is 0 Å². The molecule has 3 aromatic rings. The summed E-state index contributed by atoms with van der Waals surface area (Å²) in [5, 5.41) is 10.8. The van der Waals surface area contributed by atoms with Crippen LogP contribution in [0, 0.1) is 11.2 Å². The van der Waals surface area contributed by atoms with Crippen LogP contribution in [0.4, 0.5) is 10.1 Å². The van der Waals surface area contributed by atoms with Crippen molar-refractivity contribution in [3.8, 4) is 0 Å². The van der Waals surface area contributed by atoms with Crippen molar-refractivity contribution in [1.29, 1.82) is 5.41 Å². The van der Waals surface area contributed by atoms with Crippen LogP contribution >= 0.6 is 0 Å². The first-order valence-electron chi connectivity index (χ1n) is 7.09. The average Bonchev–Trinajstić information content (AvgIpc) is 3.00. The summed E-state index contributed by atoms with van der Waals surface area (Å²) in [5.74, 6) is -0.769. The van der Waals surface area contributed by atoms with Gasteiger partial charge in [0.2, 0.25) is 0 Å². The summed E-state index contributed by atoms with van der Waals surface area (Å²) in [7, 11) is 0. The van der Waals surface area contributed by atoms with Crippen LogP contribution in [0.1, 0.15) is 15.9 Å². The van der Waals surface area contributed by atoms with E-state index in [1.807, 2.05) is 0 Å². The van der Waals surface area contributed by atoms with E-state index in [0.29, 0.717) is 28.0 Å². The van der Waals surface area contributed by atoms with Gasteiger partial charge in [0.15, 0.2) is 0 Å². The van der Waals surface area contributed by atoms with Crippen LogP contribution < -0.4 is 11.1 Å². The molecule has 2 heterocycles. The van der Waals surface area contributed by atoms with E-state index in [9.17, 15) is 9.18 Å². The molecule has 5 N–H and O–H groups in total. The number of amides is 1. The summed E-state index contributed by atoms with van der Waals surface area (Å²) in [6.45, 7) is 0. The number of benzene rings is 1. The number of fused-ring (bicyclic) bond motifs is 1. The quantitative estimate of drug-likeness (QED) is 0.554. The monoisotopic (exact) mass is 323 g/mol. The zero-order valence-electron chi connectivity index (χ0n) is 12.5. The molecule has 0 aliphatic rings. The maximum atomic E-state index is 12.9. The Bertz CT molecular complexity index is 943. The fourth-order valence-electron chi connectivity index (χ4n) is 2.33. The van der Waals surface area contributed by atoms with Crippen LogP contribution in [0.3, 0.4) is 0 Å². The van der Waals surface area contributed by atoms with Crippen molar-refractivity contribution in [1.82, 2.24) is 9.97 Å². The molecule has 2 aromatic heterocycles. The smallest absolute Gasteiger partial charge is 0.255 e. The molecule has 0 atom stereocenters. The molecule has 0 saturated heterocycles. The molecule has 0 bridgehead atoms. The zero-order chi connectivity index (χ0) is 17.1. The summed E-state index contributed by atoms with van der Waals surface area (Å²) in [4.78, 5) is 19.4. The predicted molar refractivity (Wildman–Crippen MR) is 91.4 cm³/mol. The van der Waals surface area contributed by atoms with Crippen molar-refractivity contribution in [3.05, 3.63) is 65.9 Å². The highest BCUT2D eigenvalue weighted by atomic mass is 19.1. The summed E-state index contributed by atoms with van der Waals surface area (Å²) in [6, 6.07) is 7.00. The van der Waals surface area contributed by atoms with E-state index in [1.54, 1.807) is 12.3 Å². The molecule has 0 aliphatic carbocycles. The van der Waals surface area contributed by atoms with Gasteiger partial charge in [-0.15, -0.1) is 0 Å². The number of carbonyl (C=O) groups is 1. The van der Waals surface area contributed by atoms with E-state index in [-0.39, 0.29) is 5.91 Å². The number of nitrogens with one attached hydrogen (secondary N) is 3. The number of nitrogens with two attached hydrogens (primary N) is 1. The molecular formula is C17H14FN5O. The fourth-order valence-corrected chi connectivity index (χ4v) is 2.33. The number of nitrogens with zero attached hydrogens (tertiary/aromatic N) is 1. The van der Waals surface area contributed by atoms with Gasteiger partial charge >= 0.3 is 0 Å². The maximum Gasteiger partial charge on any atom is 0.255 e. The molecule has 3 rings (SSSR count). The molecular weight excluding hydrogens is 309 g/mol. The van der Waals surface area contributed by atoms with Crippen LogP contribution in [-0.2, 0) is 0 Å². The predicted octanol–water partition coefficient (Wildman–Crippen LogP) is 2.90. The molecule has 1 aromatic carbocycles. The van der Waals surface area contributed by atoms with Gasteiger partial charge in [0.1, 0.15) is 11.5 Å². The Balaban J connectivity index is 1.93. The van der Waals surface area contributed by atoms with E-state index < -0.39 is 5.82 Å². The first kappa shape index (κ1) is 15.4. The number of allylic oxidation sites excluding steroid dienone is 1. The lowest BCUT2D eigenvalue weighted by molar-refractivity contribution is 0.102. The van der Waals surface area contributed by atoms with E-state index in [0.717, 1.165) is 11.6 Å². The van der Waals surface area contributed by atoms with Gasteiger partial charge in [-0.2, -0.15) is 0 Å². The lowest BCUT2D eigenvalue weighted by atomic mass is 10.1. The summed E-state index contributed by atoms with van der Waals surface area (Å²) in [5.41, 5.74) is 8.22. The second-order valence-electron chi connectivity index (χ2n) is 5.05. The van der Waals surface area contributed by atoms with E-state index >= 15 is 0 Å². The van der Waals surface area contributed by atoms with E-state index in [2.05, 4.69) is 15.3 Å². The summed E-state index contributed by atoms with van der Waals surface area (Å²) in [6.07, 6.45) is 5.69. The largest absolute Gasteiger partial charge is 0.404 e. The van der Waals surface area contributed by atoms with Gasteiger partial charge in [-0.05, 0) is 30.3 Å². The highest BCUT2D eigenvalue weighted by molar-refractivity contribution is 6.13. The molecule has 0 aliphatic heterocycles. The Labute approximate surface area is 136 Å². The Hall–Kier alpha value is -3.48. The standard InChI is InChI=1S/C17H14FN5O/c18-12-3-1-10(2-4-12)17(24)23-13-5-14-15(11(6-19)7-20)9-22-16(14)21-8-13/h1-9,19H,20H2,(H,21,22)(H,23,24). The van der Waals surface area contributed by atoms with Gasteiger partial charge in [0.25, 0.3) is 5.91 Å². The van der Waals surface area contributed by atoms with Crippen molar-refractivity contribution in [3.63, 3.8) is 0 Å². The number of aromatic amines is 1. The third-order valence-electron chi connectivity index (χ3n) is 3.54. The molecule has 0 fully saturated rings. The minimum atomic E-state index is -0.403. The first-order chi connectivity index (χ1) is 11.6. The molecule has 1 amide bonds. The van der Waals surface area contributed by atoms with Crippen molar-refractivity contribution < 1.29 is 9.18 Å². The fraction of sp³-hybridized carbons (Fsp3) is 0. The molecule has 0 unspecified atom stereocenters. The minimum absolute atomic E-state index is 0.341. The molecule has 0 radical (unpaired) electrons. The van der Waals surface area contributed by atoms with Crippen molar-refractivity contribution >= 4 is 34.4 Å². The van der Waals surface area contributed by atoms with Gasteiger partial charge in [-0.25, -0.2) is 9.37 Å². The second kappa shape index (κ2) is 6.33. The number of hydrogen-bond donors (Lipinski definition) is 4. The van der Waals surface area contributed by atoms with Crippen molar-refractivity contribution in [2.24, 2.45) is 5.73 Å². The number of aromatic nitrogens is 2. The van der Waals surface area contributed by atoms with E-state index in [4.69, 9.17) is 11.1 Å². The minimum Gasteiger partial charge on any atom is -0.404 e. The number of anilines is 1. The summed E-state index contributed by atoms with van der Waals surface area (Å²) >= 11 is 0. The second-order valence-corrected chi connectivity index (χ2v) is 5.05. The number of pyridine rings is 1. The number of H-pyrrole nitrogens is 1. The summed E-state index contributed by atoms with van der Waals surface area (Å²) < 4.78 is 12.9. The number of carbonyl (C=O) groups excluding carboxylic acids is 1. The third-order valence-corrected chi connectivity index (χ3v) is 3.54. The lowest BCUT2D eigenvalue weighted by Crippen LogP contribution is -2.12. The molecule has 120 valence electrons. The van der Waals surface area contributed by atoms with Gasteiger partial charge in [-0.3, -0.25) is 4.79 Å². The van der Waals surface area contributed by atoms with Gasteiger partial charge in [0.05, 0.1) is 11.9 Å². The number of rotatable bonds is 4. The zero-order valence-corrected chi connectivity index (χ0v) is 12.5. The molecule has 7 heteroatoms. The van der Waals surface area contributed by atoms with Gasteiger partial charge in [0, 0.05) is 40.7 Å². The van der Waals surface area contributed by atoms with Crippen LogP contribution in [0.25, 0.3) is 16.6 Å². The number of hydrogen-bond acceptors (Lipinski definition) is 4. The molecule has 24 heavy (non-hydrogen) atoms. The molecule has 0 saturated carbocycles. The molecule has 6 nitrogen and oxygen atoms in total. The Morgan fingerprint density at radius 3 is 2.75 bits per heavy atom. The van der Waals surface area contributed by atoms with Crippen LogP contribution in [0.15, 0.2) is 48.9 Å². The van der Waals surface area contributed by atoms with Crippen LogP contribution in [-0.4, -0.2) is 22.1 Å². The van der Waals surface area contributed by atoms with Crippen molar-refractivity contribution in [2.75, 3.05) is 5.32 Å². The van der Waals surface area contributed by atoms with Gasteiger partial charge < -0.3 is 21.4 Å². The Morgan fingerprint density at radius 1 is 1.33 bits per heavy atom. The Kier molecular flexibility index (Phi) is 4.07. The maximum absolute atomic E-state index is 12.9. The molecule has 0 spiro atoms. The van der Waals surface area contributed by atoms with Crippen molar-refractivity contribution in [2.45, 2.75) is 0 Å². The van der Waals surface area contributed by atoms with Gasteiger partial charge in [-0.1, -0.05) is 0 Å². The third kappa shape index (κ3) is 2.87. The first-order valence-corrected chi connectivity index (χ1v) is 7.09. The van der Waals surface area contributed by atoms with Crippen LogP contribution in [0.5, 0.6) is 0 Å². The average molecular weight is 323 g/mol.